The second-order valence-corrected chi connectivity index (χ2v) is 7.60. The van der Waals surface area contributed by atoms with Crippen LogP contribution in [0.25, 0.3) is 0 Å². The number of aryl methyl sites for hydroxylation is 1. The molecule has 9 nitrogen and oxygen atoms in total. The van der Waals surface area contributed by atoms with Gasteiger partial charge in [0.25, 0.3) is 5.91 Å². The van der Waals surface area contributed by atoms with E-state index in [0.29, 0.717) is 6.54 Å². The first-order valence-corrected chi connectivity index (χ1v) is 9.33. The standard InChI is InChI=1S/C16H23N3O6S/c1-5-17-16(22)18-15(21)12(3)25-14(20)10-19(4)26(23,24)13-8-6-11(2)7-9-13/h6-9,12H,5,10H2,1-4H3,(H2,17,18,21,22). The fraction of sp³-hybridized carbons (Fsp3) is 0.438. The maximum absolute atomic E-state index is 12.4. The Balaban J connectivity index is 2.64. The average molecular weight is 385 g/mol. The Hall–Kier alpha value is -2.46. The first-order valence-electron chi connectivity index (χ1n) is 7.89. The molecule has 0 aromatic heterocycles. The molecule has 0 saturated carbocycles. The number of benzene rings is 1. The van der Waals surface area contributed by atoms with Crippen LogP contribution in [0.3, 0.4) is 0 Å². The number of urea groups is 1. The van der Waals surface area contributed by atoms with Crippen molar-refractivity contribution < 1.29 is 27.5 Å². The monoisotopic (exact) mass is 385 g/mol. The second-order valence-electron chi connectivity index (χ2n) is 5.55. The normalized spacial score (nSPS) is 12.3. The molecule has 144 valence electrons. The van der Waals surface area contributed by atoms with E-state index in [2.05, 4.69) is 5.32 Å². The van der Waals surface area contributed by atoms with Crippen LogP contribution in [0.2, 0.25) is 0 Å². The van der Waals surface area contributed by atoms with Crippen LogP contribution in [0.1, 0.15) is 19.4 Å². The van der Waals surface area contributed by atoms with Gasteiger partial charge in [0.1, 0.15) is 6.54 Å². The largest absolute Gasteiger partial charge is 0.452 e. The molecular formula is C16H23N3O6S. The summed E-state index contributed by atoms with van der Waals surface area (Å²) in [4.78, 5) is 34.9. The van der Waals surface area contributed by atoms with E-state index >= 15 is 0 Å². The van der Waals surface area contributed by atoms with Crippen molar-refractivity contribution in [2.45, 2.75) is 31.8 Å². The van der Waals surface area contributed by atoms with E-state index in [-0.39, 0.29) is 4.90 Å². The summed E-state index contributed by atoms with van der Waals surface area (Å²) in [5.41, 5.74) is 0.901. The molecule has 0 heterocycles. The smallest absolute Gasteiger partial charge is 0.322 e. The minimum absolute atomic E-state index is 0.0421. The fourth-order valence-corrected chi connectivity index (χ4v) is 2.98. The van der Waals surface area contributed by atoms with Gasteiger partial charge in [0, 0.05) is 13.6 Å². The summed E-state index contributed by atoms with van der Waals surface area (Å²) < 4.78 is 30.5. The maximum atomic E-state index is 12.4. The fourth-order valence-electron chi connectivity index (χ4n) is 1.86. The molecule has 10 heteroatoms. The lowest BCUT2D eigenvalue weighted by Gasteiger charge is -2.18. The van der Waals surface area contributed by atoms with E-state index in [1.807, 2.05) is 12.2 Å². The first-order chi connectivity index (χ1) is 12.1. The average Bonchev–Trinajstić information content (AvgIpc) is 2.55. The summed E-state index contributed by atoms with van der Waals surface area (Å²) in [6, 6.07) is 5.46. The molecule has 0 radical (unpaired) electrons. The zero-order valence-corrected chi connectivity index (χ0v) is 15.9. The topological polar surface area (TPSA) is 122 Å². The Morgan fingerprint density at radius 1 is 1.19 bits per heavy atom. The predicted molar refractivity (Wildman–Crippen MR) is 93.8 cm³/mol. The van der Waals surface area contributed by atoms with Crippen LogP contribution in [-0.2, 0) is 24.3 Å². The van der Waals surface area contributed by atoms with Crippen LogP contribution in [0.4, 0.5) is 4.79 Å². The van der Waals surface area contributed by atoms with E-state index in [9.17, 15) is 22.8 Å². The van der Waals surface area contributed by atoms with Crippen molar-refractivity contribution in [3.05, 3.63) is 29.8 Å². The Bertz CT molecular complexity index is 761. The second kappa shape index (κ2) is 9.30. The van der Waals surface area contributed by atoms with Crippen molar-refractivity contribution in [2.24, 2.45) is 0 Å². The van der Waals surface area contributed by atoms with E-state index in [1.54, 1.807) is 19.1 Å². The number of hydrogen-bond acceptors (Lipinski definition) is 6. The molecular weight excluding hydrogens is 362 g/mol. The van der Waals surface area contributed by atoms with Gasteiger partial charge in [0.05, 0.1) is 4.90 Å². The van der Waals surface area contributed by atoms with Crippen molar-refractivity contribution in [1.29, 1.82) is 0 Å². The molecule has 0 spiro atoms. The SMILES string of the molecule is CCNC(=O)NC(=O)C(C)OC(=O)CN(C)S(=O)(=O)c1ccc(C)cc1. The minimum Gasteiger partial charge on any atom is -0.452 e. The lowest BCUT2D eigenvalue weighted by atomic mass is 10.2. The number of carbonyl (C=O) groups excluding carboxylic acids is 3. The summed E-state index contributed by atoms with van der Waals surface area (Å²) in [7, 11) is -2.63. The Labute approximate surface area is 152 Å². The molecule has 1 aromatic carbocycles. The van der Waals surface area contributed by atoms with Gasteiger partial charge in [0.2, 0.25) is 10.0 Å². The van der Waals surface area contributed by atoms with Gasteiger partial charge in [-0.1, -0.05) is 17.7 Å². The van der Waals surface area contributed by atoms with E-state index in [4.69, 9.17) is 4.74 Å². The van der Waals surface area contributed by atoms with Crippen molar-refractivity contribution >= 4 is 27.9 Å². The molecule has 0 aliphatic carbocycles. The number of amides is 3. The molecule has 1 rings (SSSR count). The number of hydrogen-bond donors (Lipinski definition) is 2. The summed E-state index contributed by atoms with van der Waals surface area (Å²) in [5.74, 6) is -1.73. The number of rotatable bonds is 7. The molecule has 1 atom stereocenters. The highest BCUT2D eigenvalue weighted by atomic mass is 32.2. The van der Waals surface area contributed by atoms with Gasteiger partial charge in [-0.25, -0.2) is 13.2 Å². The van der Waals surface area contributed by atoms with Gasteiger partial charge in [-0.3, -0.25) is 14.9 Å². The third-order valence-electron chi connectivity index (χ3n) is 3.33. The third-order valence-corrected chi connectivity index (χ3v) is 5.15. The zero-order chi connectivity index (χ0) is 19.9. The van der Waals surface area contributed by atoms with Gasteiger partial charge in [-0.2, -0.15) is 4.31 Å². The molecule has 1 aromatic rings. The highest BCUT2D eigenvalue weighted by Gasteiger charge is 2.26. The van der Waals surface area contributed by atoms with Crippen LogP contribution < -0.4 is 10.6 Å². The molecule has 0 fully saturated rings. The number of ether oxygens (including phenoxy) is 1. The number of likely N-dealkylation sites (N-methyl/N-ethyl adjacent to an activating group) is 1. The molecule has 0 saturated heterocycles. The molecule has 2 N–H and O–H groups in total. The highest BCUT2D eigenvalue weighted by Crippen LogP contribution is 2.15. The first kappa shape index (κ1) is 21.6. The van der Waals surface area contributed by atoms with Crippen LogP contribution in [-0.4, -0.2) is 56.9 Å². The lowest BCUT2D eigenvalue weighted by Crippen LogP contribution is -2.45. The van der Waals surface area contributed by atoms with Crippen molar-refractivity contribution in [2.75, 3.05) is 20.1 Å². The summed E-state index contributed by atoms with van der Waals surface area (Å²) in [6.07, 6.45) is -1.25. The molecule has 26 heavy (non-hydrogen) atoms. The van der Waals surface area contributed by atoms with Crippen molar-refractivity contribution in [3.63, 3.8) is 0 Å². The highest BCUT2D eigenvalue weighted by molar-refractivity contribution is 7.89. The van der Waals surface area contributed by atoms with E-state index in [0.717, 1.165) is 9.87 Å². The van der Waals surface area contributed by atoms with Gasteiger partial charge < -0.3 is 10.1 Å². The molecule has 0 bridgehead atoms. The quantitative estimate of drug-likeness (QED) is 0.655. The number of esters is 1. The molecule has 3 amide bonds. The van der Waals surface area contributed by atoms with Crippen LogP contribution in [0.5, 0.6) is 0 Å². The predicted octanol–water partition coefficient (Wildman–Crippen LogP) is 0.393. The number of nitrogens with zero attached hydrogens (tertiary/aromatic N) is 1. The maximum Gasteiger partial charge on any atom is 0.322 e. The number of sulfonamides is 1. The van der Waals surface area contributed by atoms with E-state index < -0.39 is 40.6 Å². The minimum atomic E-state index is -3.87. The molecule has 0 aliphatic rings. The summed E-state index contributed by atoms with van der Waals surface area (Å²) in [6.45, 7) is 4.54. The van der Waals surface area contributed by atoms with Gasteiger partial charge in [-0.05, 0) is 32.9 Å². The Morgan fingerprint density at radius 2 is 1.77 bits per heavy atom. The van der Waals surface area contributed by atoms with Crippen LogP contribution in [0.15, 0.2) is 29.2 Å². The third kappa shape index (κ3) is 6.12. The van der Waals surface area contributed by atoms with E-state index in [1.165, 1.54) is 26.1 Å². The number of carbonyl (C=O) groups is 3. The van der Waals surface area contributed by atoms with Crippen molar-refractivity contribution in [1.82, 2.24) is 14.9 Å². The zero-order valence-electron chi connectivity index (χ0n) is 15.1. The number of nitrogens with one attached hydrogen (secondary N) is 2. The van der Waals surface area contributed by atoms with Crippen molar-refractivity contribution in [3.8, 4) is 0 Å². The Kier molecular flexibility index (Phi) is 7.72. The van der Waals surface area contributed by atoms with Gasteiger partial charge in [0.15, 0.2) is 6.10 Å². The lowest BCUT2D eigenvalue weighted by molar-refractivity contribution is -0.154. The molecule has 0 aliphatic heterocycles. The Morgan fingerprint density at radius 3 is 2.31 bits per heavy atom. The summed E-state index contributed by atoms with van der Waals surface area (Å²) >= 11 is 0. The summed E-state index contributed by atoms with van der Waals surface area (Å²) in [5, 5.41) is 4.36. The van der Waals surface area contributed by atoms with Crippen LogP contribution in [0, 0.1) is 6.92 Å². The van der Waals surface area contributed by atoms with Gasteiger partial charge >= 0.3 is 12.0 Å². The number of imide groups is 1. The van der Waals surface area contributed by atoms with Gasteiger partial charge in [-0.15, -0.1) is 0 Å². The van der Waals surface area contributed by atoms with Crippen LogP contribution >= 0.6 is 0 Å². The molecule has 1 unspecified atom stereocenters.